The number of aryl methyl sites for hydroxylation is 2. The summed E-state index contributed by atoms with van der Waals surface area (Å²) in [6.07, 6.45) is 1.38. The molecule has 0 aromatic carbocycles. The van der Waals surface area contributed by atoms with Crippen molar-refractivity contribution in [3.05, 3.63) is 26.9 Å². The number of nitrogens with one attached hydrogen (secondary N) is 1. The van der Waals surface area contributed by atoms with E-state index in [2.05, 4.69) is 15.1 Å². The number of carbonyl (C=O) groups is 1. The van der Waals surface area contributed by atoms with Crippen LogP contribution in [0, 0.1) is 0 Å². The van der Waals surface area contributed by atoms with Crippen LogP contribution >= 0.6 is 0 Å². The van der Waals surface area contributed by atoms with Crippen molar-refractivity contribution in [1.29, 1.82) is 0 Å². The zero-order chi connectivity index (χ0) is 20.4. The summed E-state index contributed by atoms with van der Waals surface area (Å²) >= 11 is 0. The third-order valence-electron chi connectivity index (χ3n) is 4.22. The average molecular weight is 389 g/mol. The van der Waals surface area contributed by atoms with Gasteiger partial charge in [-0.05, 0) is 12.8 Å². The van der Waals surface area contributed by atoms with E-state index >= 15 is 0 Å². The van der Waals surface area contributed by atoms with Crippen LogP contribution < -0.4 is 21.7 Å². The van der Waals surface area contributed by atoms with Crippen molar-refractivity contribution in [1.82, 2.24) is 28.9 Å². The van der Waals surface area contributed by atoms with Gasteiger partial charge in [0.2, 0.25) is 5.88 Å². The maximum absolute atomic E-state index is 12.8. The second-order valence-electron chi connectivity index (χ2n) is 6.42. The molecule has 0 saturated carbocycles. The summed E-state index contributed by atoms with van der Waals surface area (Å²) in [5, 5.41) is 4.15. The van der Waals surface area contributed by atoms with E-state index < -0.39 is 11.5 Å². The van der Waals surface area contributed by atoms with Gasteiger partial charge < -0.3 is 15.5 Å². The zero-order valence-corrected chi connectivity index (χ0v) is 16.1. The maximum atomic E-state index is 12.8. The molecule has 3 aromatic rings. The molecule has 0 aliphatic carbocycles. The molecule has 150 valence electrons. The first-order valence-electron chi connectivity index (χ1n) is 9.06. The predicted octanol–water partition coefficient (Wildman–Crippen LogP) is -0.0291. The lowest BCUT2D eigenvalue weighted by Gasteiger charge is -2.09. The summed E-state index contributed by atoms with van der Waals surface area (Å²) in [6, 6.07) is 1.58. The van der Waals surface area contributed by atoms with E-state index in [9.17, 15) is 14.4 Å². The summed E-state index contributed by atoms with van der Waals surface area (Å²) in [5.41, 5.74) is 5.41. The molecule has 0 saturated heterocycles. The van der Waals surface area contributed by atoms with Crippen LogP contribution in [-0.4, -0.2) is 41.4 Å². The highest BCUT2D eigenvalue weighted by Crippen LogP contribution is 2.22. The highest BCUT2D eigenvalue weighted by atomic mass is 16.5. The number of H-pyrrole nitrogens is 1. The standard InChI is InChI=1S/C17H23N7O4/c1-4-6-23-15-13(16(26)24(7-5-2)17(23)27)19-14(20-15)10-8-12(21-22(10)3)28-9-11(18)25/h8H,4-7,9H2,1-3H3,(H2,18,25)(H,19,20). The smallest absolute Gasteiger partial charge is 0.332 e. The minimum Gasteiger partial charge on any atom is -0.467 e. The molecular formula is C17H23N7O4. The molecular weight excluding hydrogens is 366 g/mol. The van der Waals surface area contributed by atoms with Gasteiger partial charge in [0.25, 0.3) is 11.5 Å². The number of nitrogens with two attached hydrogens (primary N) is 1. The van der Waals surface area contributed by atoms with Crippen LogP contribution in [0.2, 0.25) is 0 Å². The van der Waals surface area contributed by atoms with Crippen molar-refractivity contribution < 1.29 is 9.53 Å². The monoisotopic (exact) mass is 389 g/mol. The number of rotatable bonds is 8. The van der Waals surface area contributed by atoms with Gasteiger partial charge >= 0.3 is 5.69 Å². The van der Waals surface area contributed by atoms with Crippen LogP contribution in [0.5, 0.6) is 5.88 Å². The van der Waals surface area contributed by atoms with Gasteiger partial charge in [0, 0.05) is 26.2 Å². The van der Waals surface area contributed by atoms with E-state index in [1.165, 1.54) is 13.8 Å². The van der Waals surface area contributed by atoms with Gasteiger partial charge in [-0.15, -0.1) is 5.10 Å². The minimum atomic E-state index is -0.615. The Bertz CT molecular complexity index is 1140. The molecule has 3 aromatic heterocycles. The third kappa shape index (κ3) is 3.42. The van der Waals surface area contributed by atoms with E-state index in [-0.39, 0.29) is 23.7 Å². The molecule has 0 radical (unpaired) electrons. The molecule has 0 unspecified atom stereocenters. The molecule has 3 N–H and O–H groups in total. The second kappa shape index (κ2) is 7.71. The molecule has 3 rings (SSSR count). The number of imidazole rings is 1. The normalized spacial score (nSPS) is 11.2. The first-order valence-corrected chi connectivity index (χ1v) is 9.06. The fourth-order valence-corrected chi connectivity index (χ4v) is 3.01. The van der Waals surface area contributed by atoms with E-state index in [1.807, 2.05) is 13.8 Å². The predicted molar refractivity (Wildman–Crippen MR) is 102 cm³/mol. The molecule has 0 fully saturated rings. The summed E-state index contributed by atoms with van der Waals surface area (Å²) in [4.78, 5) is 43.9. The number of aromatic amines is 1. The lowest BCUT2D eigenvalue weighted by Crippen LogP contribution is -2.40. The van der Waals surface area contributed by atoms with Gasteiger partial charge in [-0.25, -0.2) is 9.78 Å². The van der Waals surface area contributed by atoms with Crippen LogP contribution in [0.4, 0.5) is 0 Å². The van der Waals surface area contributed by atoms with Gasteiger partial charge in [0.05, 0.1) is 0 Å². The highest BCUT2D eigenvalue weighted by molar-refractivity contribution is 5.76. The lowest BCUT2D eigenvalue weighted by molar-refractivity contribution is -0.120. The minimum absolute atomic E-state index is 0.200. The molecule has 0 spiro atoms. The maximum Gasteiger partial charge on any atom is 0.332 e. The first-order chi connectivity index (χ1) is 13.4. The number of primary amides is 1. The van der Waals surface area contributed by atoms with E-state index in [0.29, 0.717) is 36.7 Å². The Kier molecular flexibility index (Phi) is 5.34. The lowest BCUT2D eigenvalue weighted by atomic mass is 10.4. The molecule has 28 heavy (non-hydrogen) atoms. The van der Waals surface area contributed by atoms with Gasteiger partial charge in [-0.2, -0.15) is 0 Å². The average Bonchev–Trinajstić information content (AvgIpc) is 3.24. The van der Waals surface area contributed by atoms with Crippen molar-refractivity contribution in [3.63, 3.8) is 0 Å². The Hall–Kier alpha value is -3.37. The van der Waals surface area contributed by atoms with E-state index in [0.717, 1.165) is 6.42 Å². The topological polar surface area (TPSA) is 143 Å². The van der Waals surface area contributed by atoms with Crippen LogP contribution in [0.15, 0.2) is 15.7 Å². The van der Waals surface area contributed by atoms with Gasteiger partial charge in [-0.3, -0.25) is 23.4 Å². The quantitative estimate of drug-likeness (QED) is 0.554. The Labute approximate surface area is 159 Å². The van der Waals surface area contributed by atoms with Crippen molar-refractivity contribution >= 4 is 17.1 Å². The Balaban J connectivity index is 2.16. The van der Waals surface area contributed by atoms with Crippen molar-refractivity contribution in [3.8, 4) is 17.4 Å². The molecule has 11 heteroatoms. The highest BCUT2D eigenvalue weighted by Gasteiger charge is 2.19. The SMILES string of the molecule is CCCn1c(=O)c2[nH]c(-c3cc(OCC(N)=O)nn3C)nc2n(CCC)c1=O. The Morgan fingerprint density at radius 1 is 1.21 bits per heavy atom. The summed E-state index contributed by atoms with van der Waals surface area (Å²) in [6.45, 7) is 4.34. The molecule has 0 bridgehead atoms. The van der Waals surface area contributed by atoms with E-state index in [1.54, 1.807) is 13.1 Å². The number of nitrogens with zero attached hydrogens (tertiary/aromatic N) is 5. The zero-order valence-electron chi connectivity index (χ0n) is 16.1. The number of carbonyl (C=O) groups excluding carboxylic acids is 1. The summed E-state index contributed by atoms with van der Waals surface area (Å²) < 4.78 is 9.45. The molecule has 1 amide bonds. The summed E-state index contributed by atoms with van der Waals surface area (Å²) in [5.74, 6) is -0.0448. The second-order valence-corrected chi connectivity index (χ2v) is 6.42. The fraction of sp³-hybridized carbons (Fsp3) is 0.471. The summed E-state index contributed by atoms with van der Waals surface area (Å²) in [7, 11) is 1.67. The van der Waals surface area contributed by atoms with Crippen LogP contribution in [0.1, 0.15) is 26.7 Å². The van der Waals surface area contributed by atoms with Crippen LogP contribution in [0.3, 0.4) is 0 Å². The van der Waals surface area contributed by atoms with Gasteiger partial charge in [0.1, 0.15) is 11.2 Å². The number of fused-ring (bicyclic) bond motifs is 1. The van der Waals surface area contributed by atoms with Crippen molar-refractivity contribution in [2.24, 2.45) is 12.8 Å². The molecule has 0 aliphatic heterocycles. The van der Waals surface area contributed by atoms with Crippen molar-refractivity contribution in [2.45, 2.75) is 39.8 Å². The molecule has 0 aliphatic rings. The number of aromatic nitrogens is 6. The fourth-order valence-electron chi connectivity index (χ4n) is 3.01. The number of ether oxygens (including phenoxy) is 1. The van der Waals surface area contributed by atoms with Crippen LogP contribution in [0.25, 0.3) is 22.7 Å². The van der Waals surface area contributed by atoms with Gasteiger partial charge in [-0.1, -0.05) is 13.8 Å². The molecule has 11 nitrogen and oxygen atoms in total. The number of hydrogen-bond donors (Lipinski definition) is 2. The first kappa shape index (κ1) is 19.4. The van der Waals surface area contributed by atoms with Gasteiger partial charge in [0.15, 0.2) is 18.1 Å². The Morgan fingerprint density at radius 3 is 2.54 bits per heavy atom. The number of amides is 1. The molecule has 0 atom stereocenters. The van der Waals surface area contributed by atoms with E-state index in [4.69, 9.17) is 10.5 Å². The van der Waals surface area contributed by atoms with Crippen molar-refractivity contribution in [2.75, 3.05) is 6.61 Å². The Morgan fingerprint density at radius 2 is 1.89 bits per heavy atom. The van der Waals surface area contributed by atoms with Crippen LogP contribution in [-0.2, 0) is 24.9 Å². The third-order valence-corrected chi connectivity index (χ3v) is 4.22. The largest absolute Gasteiger partial charge is 0.467 e. The molecule has 3 heterocycles. The number of hydrogen-bond acceptors (Lipinski definition) is 6.